The van der Waals surface area contributed by atoms with E-state index >= 15 is 0 Å². The maximum atomic E-state index is 11.6. The number of rotatable bonds is 7. The molecule has 44 heavy (non-hydrogen) atoms. The number of quaternary nitrogens is 1. The molecule has 2 aromatic rings. The van der Waals surface area contributed by atoms with Crippen LogP contribution in [0.4, 0.5) is 4.79 Å². The number of likely N-dealkylation sites (tertiary alicyclic amines) is 1. The zero-order chi connectivity index (χ0) is 30.9. The number of carbonyl (C=O) groups is 1. The number of nitrogens with two attached hydrogens (primary N) is 1. The van der Waals surface area contributed by atoms with Crippen molar-refractivity contribution in [2.75, 3.05) is 59.5 Å². The molecule has 1 aliphatic carbocycles. The summed E-state index contributed by atoms with van der Waals surface area (Å²) in [7, 11) is 1.72. The number of ether oxygens (including phenoxy) is 2. The van der Waals surface area contributed by atoms with E-state index in [1.807, 2.05) is 0 Å². The Morgan fingerprint density at radius 1 is 1.07 bits per heavy atom. The summed E-state index contributed by atoms with van der Waals surface area (Å²) in [6, 6.07) is 18.4. The SMILES string of the molecule is COc1ccc(CN2CCN(C3CC4(CCN(C(=O)[O-])CC4)C3C(C)(C)C)C(c3ccccc3CC3C[NH2+]CCO3)C2)cc1. The molecule has 2 aromatic carbocycles. The van der Waals surface area contributed by atoms with E-state index in [4.69, 9.17) is 9.47 Å². The Bertz CT molecular complexity index is 1260. The van der Waals surface area contributed by atoms with Crippen molar-refractivity contribution < 1.29 is 24.7 Å². The highest BCUT2D eigenvalue weighted by molar-refractivity contribution is 5.62. The van der Waals surface area contributed by atoms with E-state index in [-0.39, 0.29) is 16.9 Å². The van der Waals surface area contributed by atoms with Crippen LogP contribution in [0.3, 0.4) is 0 Å². The molecular formula is C36H52N4O4. The molecule has 3 heterocycles. The van der Waals surface area contributed by atoms with Gasteiger partial charge in [-0.3, -0.25) is 9.80 Å². The van der Waals surface area contributed by atoms with E-state index in [1.54, 1.807) is 7.11 Å². The molecule has 1 saturated carbocycles. The molecule has 4 atom stereocenters. The topological polar surface area (TPSA) is 84.9 Å². The molecule has 0 aromatic heterocycles. The summed E-state index contributed by atoms with van der Waals surface area (Å²) >= 11 is 0. The zero-order valence-electron chi connectivity index (χ0n) is 27.2. The zero-order valence-corrected chi connectivity index (χ0v) is 27.2. The Balaban J connectivity index is 1.28. The Morgan fingerprint density at radius 2 is 1.82 bits per heavy atom. The Kier molecular flexibility index (Phi) is 9.25. The van der Waals surface area contributed by atoms with Crippen molar-refractivity contribution in [3.63, 3.8) is 0 Å². The third-order valence-corrected chi connectivity index (χ3v) is 11.1. The molecule has 2 N–H and O–H groups in total. The van der Waals surface area contributed by atoms with Gasteiger partial charge >= 0.3 is 0 Å². The summed E-state index contributed by atoms with van der Waals surface area (Å²) in [5.41, 5.74) is 4.50. The molecule has 8 nitrogen and oxygen atoms in total. The normalized spacial score (nSPS) is 28.0. The molecule has 0 radical (unpaired) electrons. The minimum atomic E-state index is -1.02. The van der Waals surface area contributed by atoms with Crippen LogP contribution < -0.4 is 15.2 Å². The largest absolute Gasteiger partial charge is 0.530 e. The lowest BCUT2D eigenvalue weighted by Gasteiger charge is -2.67. The van der Waals surface area contributed by atoms with Crippen LogP contribution in [0.15, 0.2) is 48.5 Å². The lowest BCUT2D eigenvalue weighted by atomic mass is 9.45. The van der Waals surface area contributed by atoms with E-state index in [9.17, 15) is 9.90 Å². The number of benzene rings is 2. The number of carboxylic acid groups (broad SMARTS) is 1. The minimum Gasteiger partial charge on any atom is -0.530 e. The average molecular weight is 605 g/mol. The van der Waals surface area contributed by atoms with Crippen LogP contribution >= 0.6 is 0 Å². The summed E-state index contributed by atoms with van der Waals surface area (Å²) in [4.78, 5) is 18.6. The maximum absolute atomic E-state index is 11.6. The smallest absolute Gasteiger partial charge is 0.136 e. The predicted molar refractivity (Wildman–Crippen MR) is 169 cm³/mol. The van der Waals surface area contributed by atoms with Gasteiger partial charge in [0, 0.05) is 57.8 Å². The van der Waals surface area contributed by atoms with Crippen molar-refractivity contribution >= 4 is 6.09 Å². The molecule has 0 bridgehead atoms. The number of methoxy groups -OCH3 is 1. The molecule has 4 fully saturated rings. The first-order chi connectivity index (χ1) is 21.2. The third-order valence-electron chi connectivity index (χ3n) is 11.1. The van der Waals surface area contributed by atoms with Gasteiger partial charge in [-0.1, -0.05) is 57.2 Å². The molecule has 1 amide bonds. The van der Waals surface area contributed by atoms with Crippen LogP contribution in [0.25, 0.3) is 0 Å². The highest BCUT2D eigenvalue weighted by Gasteiger charge is 2.60. The molecule has 3 saturated heterocycles. The highest BCUT2D eigenvalue weighted by Crippen LogP contribution is 2.62. The van der Waals surface area contributed by atoms with Gasteiger partial charge in [-0.2, -0.15) is 0 Å². The van der Waals surface area contributed by atoms with Crippen molar-refractivity contribution in [3.8, 4) is 5.75 Å². The monoisotopic (exact) mass is 604 g/mol. The minimum absolute atomic E-state index is 0.128. The molecule has 4 aliphatic rings. The quantitative estimate of drug-likeness (QED) is 0.524. The number of piperazine rings is 1. The summed E-state index contributed by atoms with van der Waals surface area (Å²) < 4.78 is 11.6. The Labute approximate surface area is 263 Å². The van der Waals surface area contributed by atoms with Gasteiger partial charge in [0.15, 0.2) is 0 Å². The van der Waals surface area contributed by atoms with Gasteiger partial charge in [-0.25, -0.2) is 0 Å². The van der Waals surface area contributed by atoms with Gasteiger partial charge in [0.1, 0.15) is 24.5 Å². The number of morpholine rings is 1. The van der Waals surface area contributed by atoms with Crippen molar-refractivity contribution in [1.29, 1.82) is 0 Å². The van der Waals surface area contributed by atoms with Crippen molar-refractivity contribution in [2.24, 2.45) is 16.7 Å². The van der Waals surface area contributed by atoms with Crippen molar-refractivity contribution in [3.05, 3.63) is 65.2 Å². The average Bonchev–Trinajstić information content (AvgIpc) is 3.00. The first kappa shape index (κ1) is 31.3. The van der Waals surface area contributed by atoms with E-state index in [0.29, 0.717) is 31.1 Å². The van der Waals surface area contributed by atoms with E-state index in [2.05, 4.69) is 84.4 Å². The lowest BCUT2D eigenvalue weighted by Crippen LogP contribution is -2.89. The number of hydrogen-bond acceptors (Lipinski definition) is 6. The summed E-state index contributed by atoms with van der Waals surface area (Å²) in [6.45, 7) is 15.3. The van der Waals surface area contributed by atoms with Crippen LogP contribution in [-0.4, -0.2) is 92.5 Å². The van der Waals surface area contributed by atoms with Gasteiger partial charge in [0.2, 0.25) is 0 Å². The molecular weight excluding hydrogens is 552 g/mol. The predicted octanol–water partition coefficient (Wildman–Crippen LogP) is 2.92. The van der Waals surface area contributed by atoms with Gasteiger partial charge < -0.3 is 29.6 Å². The van der Waals surface area contributed by atoms with Gasteiger partial charge in [-0.05, 0) is 64.8 Å². The fourth-order valence-corrected chi connectivity index (χ4v) is 9.15. The van der Waals surface area contributed by atoms with Gasteiger partial charge in [0.05, 0.1) is 20.3 Å². The van der Waals surface area contributed by atoms with Crippen LogP contribution in [0.5, 0.6) is 5.75 Å². The molecule has 6 rings (SSSR count). The van der Waals surface area contributed by atoms with Crippen LogP contribution in [0, 0.1) is 16.7 Å². The third kappa shape index (κ3) is 6.50. The van der Waals surface area contributed by atoms with Gasteiger partial charge in [-0.15, -0.1) is 0 Å². The summed E-state index contributed by atoms with van der Waals surface area (Å²) in [5, 5.41) is 14.0. The molecule has 8 heteroatoms. The first-order valence-electron chi connectivity index (χ1n) is 16.7. The molecule has 1 spiro atoms. The first-order valence-corrected chi connectivity index (χ1v) is 16.7. The van der Waals surface area contributed by atoms with Gasteiger partial charge in [0.25, 0.3) is 0 Å². The van der Waals surface area contributed by atoms with Crippen LogP contribution in [-0.2, 0) is 17.7 Å². The van der Waals surface area contributed by atoms with E-state index in [0.717, 1.165) is 77.3 Å². The number of nitrogens with zero attached hydrogens (tertiary/aromatic N) is 3. The maximum Gasteiger partial charge on any atom is 0.136 e. The van der Waals surface area contributed by atoms with Crippen molar-refractivity contribution in [1.82, 2.24) is 14.7 Å². The Hall–Kier alpha value is -2.65. The second kappa shape index (κ2) is 13.0. The second-order valence-electron chi connectivity index (χ2n) is 14.8. The number of hydrogen-bond donors (Lipinski definition) is 1. The number of amides is 1. The lowest BCUT2D eigenvalue weighted by molar-refractivity contribution is -0.677. The number of piperidine rings is 1. The van der Waals surface area contributed by atoms with Crippen molar-refractivity contribution in [2.45, 2.75) is 71.2 Å². The fraction of sp³-hybridized carbons (Fsp3) is 0.639. The van der Waals surface area contributed by atoms with Crippen LogP contribution in [0.1, 0.15) is 62.8 Å². The standard InChI is InChI=1S/C36H52N4O4/c1-35(2,3)33-31(22-36(33)13-16-39(17-14-36)34(41)42)40-19-18-38(24-26-9-11-28(43-4)12-10-26)25-32(40)30-8-6-5-7-27(30)21-29-23-37-15-20-44-29/h5-12,29,31-33,37H,13-25H2,1-4H3,(H,41,42). The summed E-state index contributed by atoms with van der Waals surface area (Å²) in [6.07, 6.45) is 3.20. The fourth-order valence-electron chi connectivity index (χ4n) is 9.15. The molecule has 3 aliphatic heterocycles. The second-order valence-corrected chi connectivity index (χ2v) is 14.8. The van der Waals surface area contributed by atoms with E-state index in [1.165, 1.54) is 21.6 Å². The number of carbonyl (C=O) groups excluding carboxylic acids is 1. The van der Waals surface area contributed by atoms with Crippen LogP contribution in [0.2, 0.25) is 0 Å². The highest BCUT2D eigenvalue weighted by atomic mass is 16.5. The molecule has 240 valence electrons. The Morgan fingerprint density at radius 3 is 2.48 bits per heavy atom. The van der Waals surface area contributed by atoms with E-state index < -0.39 is 6.09 Å². The molecule has 4 unspecified atom stereocenters. The summed E-state index contributed by atoms with van der Waals surface area (Å²) in [5.74, 6) is 1.41.